The zero-order chi connectivity index (χ0) is 13.2. The van der Waals surface area contributed by atoms with Crippen LogP contribution in [0.25, 0.3) is 0 Å². The van der Waals surface area contributed by atoms with Crippen molar-refractivity contribution < 1.29 is 9.47 Å². The number of nitrogens with zero attached hydrogens (tertiary/aromatic N) is 1. The van der Waals surface area contributed by atoms with Crippen molar-refractivity contribution in [2.24, 2.45) is 5.92 Å². The highest BCUT2D eigenvalue weighted by atomic mass is 16.5. The first-order valence-corrected chi connectivity index (χ1v) is 6.59. The van der Waals surface area contributed by atoms with E-state index in [2.05, 4.69) is 31.1 Å². The molecule has 1 rings (SSSR count). The lowest BCUT2D eigenvalue weighted by atomic mass is 10.2. The van der Waals surface area contributed by atoms with Gasteiger partial charge in [0.15, 0.2) is 0 Å². The molecule has 0 saturated carbocycles. The van der Waals surface area contributed by atoms with Crippen LogP contribution < -0.4 is 10.1 Å². The summed E-state index contributed by atoms with van der Waals surface area (Å²) in [7, 11) is 0. The molecule has 1 heterocycles. The molecule has 0 atom stereocenters. The van der Waals surface area contributed by atoms with Crippen molar-refractivity contribution in [2.75, 3.05) is 26.4 Å². The standard InChI is InChI=1S/C14H24N2O2/c1-4-15-10-13-6-5-7-16-14(13)18-9-8-17-11-12(2)3/h5-7,12,15H,4,8-11H2,1-3H3. The SMILES string of the molecule is CCNCc1cccnc1OCCOCC(C)C. The van der Waals surface area contributed by atoms with Crippen LogP contribution in [0.15, 0.2) is 18.3 Å². The van der Waals surface area contributed by atoms with Crippen LogP contribution in [-0.2, 0) is 11.3 Å². The molecular weight excluding hydrogens is 228 g/mol. The molecular formula is C14H24N2O2. The Morgan fingerprint density at radius 1 is 1.33 bits per heavy atom. The minimum absolute atomic E-state index is 0.545. The Bertz CT molecular complexity index is 329. The quantitative estimate of drug-likeness (QED) is 0.685. The minimum Gasteiger partial charge on any atom is -0.475 e. The summed E-state index contributed by atoms with van der Waals surface area (Å²) in [4.78, 5) is 4.25. The van der Waals surface area contributed by atoms with E-state index in [0.717, 1.165) is 25.3 Å². The van der Waals surface area contributed by atoms with Gasteiger partial charge < -0.3 is 14.8 Å². The first-order valence-electron chi connectivity index (χ1n) is 6.59. The Morgan fingerprint density at radius 2 is 2.17 bits per heavy atom. The molecule has 0 aliphatic carbocycles. The van der Waals surface area contributed by atoms with Gasteiger partial charge in [0, 0.05) is 24.9 Å². The molecule has 0 radical (unpaired) electrons. The summed E-state index contributed by atoms with van der Waals surface area (Å²) in [5, 5.41) is 3.27. The van der Waals surface area contributed by atoms with Crippen molar-refractivity contribution in [1.82, 2.24) is 10.3 Å². The van der Waals surface area contributed by atoms with E-state index in [1.807, 2.05) is 12.1 Å². The highest BCUT2D eigenvalue weighted by molar-refractivity contribution is 5.25. The van der Waals surface area contributed by atoms with Crippen LogP contribution in [-0.4, -0.2) is 31.3 Å². The number of hydrogen-bond acceptors (Lipinski definition) is 4. The van der Waals surface area contributed by atoms with Crippen LogP contribution in [0, 0.1) is 5.92 Å². The third-order valence-corrected chi connectivity index (χ3v) is 2.33. The molecule has 1 aromatic heterocycles. The van der Waals surface area contributed by atoms with Crippen molar-refractivity contribution in [3.05, 3.63) is 23.9 Å². The number of rotatable bonds is 9. The highest BCUT2D eigenvalue weighted by Crippen LogP contribution is 2.13. The van der Waals surface area contributed by atoms with Crippen LogP contribution in [0.4, 0.5) is 0 Å². The summed E-state index contributed by atoms with van der Waals surface area (Å²) in [6.45, 7) is 9.99. The molecule has 0 aromatic carbocycles. The molecule has 4 nitrogen and oxygen atoms in total. The van der Waals surface area contributed by atoms with Crippen molar-refractivity contribution in [3.63, 3.8) is 0 Å². The van der Waals surface area contributed by atoms with Gasteiger partial charge in [0.25, 0.3) is 0 Å². The van der Waals surface area contributed by atoms with E-state index < -0.39 is 0 Å². The topological polar surface area (TPSA) is 43.4 Å². The Morgan fingerprint density at radius 3 is 2.89 bits per heavy atom. The van der Waals surface area contributed by atoms with Crippen molar-refractivity contribution in [2.45, 2.75) is 27.3 Å². The van der Waals surface area contributed by atoms with Crippen molar-refractivity contribution in [3.8, 4) is 5.88 Å². The second kappa shape index (κ2) is 8.89. The monoisotopic (exact) mass is 252 g/mol. The van der Waals surface area contributed by atoms with Crippen LogP contribution in [0.2, 0.25) is 0 Å². The van der Waals surface area contributed by atoms with Crippen LogP contribution in [0.1, 0.15) is 26.3 Å². The van der Waals surface area contributed by atoms with Gasteiger partial charge in [0.1, 0.15) is 6.61 Å². The summed E-state index contributed by atoms with van der Waals surface area (Å²) in [6.07, 6.45) is 1.75. The van der Waals surface area contributed by atoms with E-state index in [1.54, 1.807) is 6.20 Å². The maximum atomic E-state index is 5.64. The van der Waals surface area contributed by atoms with Gasteiger partial charge in [-0.2, -0.15) is 0 Å². The Labute approximate surface area is 110 Å². The van der Waals surface area contributed by atoms with E-state index in [9.17, 15) is 0 Å². The Kier molecular flexibility index (Phi) is 7.37. The summed E-state index contributed by atoms with van der Waals surface area (Å²) >= 11 is 0. The molecule has 1 N–H and O–H groups in total. The van der Waals surface area contributed by atoms with E-state index in [4.69, 9.17) is 9.47 Å². The number of ether oxygens (including phenoxy) is 2. The maximum Gasteiger partial charge on any atom is 0.217 e. The summed E-state index contributed by atoms with van der Waals surface area (Å²) in [6, 6.07) is 3.95. The van der Waals surface area contributed by atoms with Gasteiger partial charge in [-0.3, -0.25) is 0 Å². The molecule has 0 bridgehead atoms. The molecule has 4 heteroatoms. The fraction of sp³-hybridized carbons (Fsp3) is 0.643. The van der Waals surface area contributed by atoms with Gasteiger partial charge in [0.05, 0.1) is 6.61 Å². The van der Waals surface area contributed by atoms with E-state index in [-0.39, 0.29) is 0 Å². The molecule has 0 aliphatic heterocycles. The second-order valence-electron chi connectivity index (χ2n) is 4.57. The lowest BCUT2D eigenvalue weighted by Gasteiger charge is -2.11. The predicted molar refractivity (Wildman–Crippen MR) is 72.8 cm³/mol. The largest absolute Gasteiger partial charge is 0.475 e. The zero-order valence-electron chi connectivity index (χ0n) is 11.6. The number of aromatic nitrogens is 1. The smallest absolute Gasteiger partial charge is 0.217 e. The normalized spacial score (nSPS) is 10.9. The second-order valence-corrected chi connectivity index (χ2v) is 4.57. The van der Waals surface area contributed by atoms with Crippen LogP contribution >= 0.6 is 0 Å². The zero-order valence-corrected chi connectivity index (χ0v) is 11.6. The van der Waals surface area contributed by atoms with Gasteiger partial charge in [0.2, 0.25) is 5.88 Å². The molecule has 18 heavy (non-hydrogen) atoms. The van der Waals surface area contributed by atoms with Gasteiger partial charge in [-0.15, -0.1) is 0 Å². The van der Waals surface area contributed by atoms with E-state index >= 15 is 0 Å². The van der Waals surface area contributed by atoms with E-state index in [1.165, 1.54) is 0 Å². The third kappa shape index (κ3) is 5.98. The van der Waals surface area contributed by atoms with E-state index in [0.29, 0.717) is 25.0 Å². The molecule has 102 valence electrons. The van der Waals surface area contributed by atoms with Gasteiger partial charge >= 0.3 is 0 Å². The number of nitrogens with one attached hydrogen (secondary N) is 1. The number of pyridine rings is 1. The van der Waals surface area contributed by atoms with Gasteiger partial charge in [-0.25, -0.2) is 4.98 Å². The average molecular weight is 252 g/mol. The first-order chi connectivity index (χ1) is 8.74. The molecule has 0 spiro atoms. The fourth-order valence-electron chi connectivity index (χ4n) is 1.46. The molecule has 0 amide bonds. The van der Waals surface area contributed by atoms with Crippen molar-refractivity contribution in [1.29, 1.82) is 0 Å². The Balaban J connectivity index is 2.32. The Hall–Kier alpha value is -1.13. The van der Waals surface area contributed by atoms with Gasteiger partial charge in [-0.05, 0) is 18.5 Å². The highest BCUT2D eigenvalue weighted by Gasteiger charge is 2.03. The summed E-state index contributed by atoms with van der Waals surface area (Å²) < 4.78 is 11.1. The molecule has 0 fully saturated rings. The molecule has 0 unspecified atom stereocenters. The lowest BCUT2D eigenvalue weighted by molar-refractivity contribution is 0.0803. The average Bonchev–Trinajstić information content (AvgIpc) is 2.36. The van der Waals surface area contributed by atoms with Crippen LogP contribution in [0.5, 0.6) is 5.88 Å². The molecule has 0 saturated heterocycles. The number of hydrogen-bond donors (Lipinski definition) is 1. The third-order valence-electron chi connectivity index (χ3n) is 2.33. The molecule has 1 aromatic rings. The summed E-state index contributed by atoms with van der Waals surface area (Å²) in [5.74, 6) is 1.26. The predicted octanol–water partition coefficient (Wildman–Crippen LogP) is 2.24. The minimum atomic E-state index is 0.545. The maximum absolute atomic E-state index is 5.64. The fourth-order valence-corrected chi connectivity index (χ4v) is 1.46. The summed E-state index contributed by atoms with van der Waals surface area (Å²) in [5.41, 5.74) is 1.09. The molecule has 0 aliphatic rings. The lowest BCUT2D eigenvalue weighted by Crippen LogP contribution is -2.15. The first kappa shape index (κ1) is 14.9. The van der Waals surface area contributed by atoms with Gasteiger partial charge in [-0.1, -0.05) is 26.8 Å². The van der Waals surface area contributed by atoms with Crippen LogP contribution in [0.3, 0.4) is 0 Å². The van der Waals surface area contributed by atoms with Crippen molar-refractivity contribution >= 4 is 0 Å².